The predicted octanol–water partition coefficient (Wildman–Crippen LogP) is 1.94. The van der Waals surface area contributed by atoms with Gasteiger partial charge in [0.25, 0.3) is 0 Å². The van der Waals surface area contributed by atoms with Crippen molar-refractivity contribution in [2.75, 3.05) is 0 Å². The van der Waals surface area contributed by atoms with Crippen LogP contribution in [0.25, 0.3) is 0 Å². The molecule has 2 heteroatoms. The molecule has 1 nitrogen and oxygen atoms in total. The van der Waals surface area contributed by atoms with Crippen LogP contribution in [0.5, 0.6) is 0 Å². The van der Waals surface area contributed by atoms with Gasteiger partial charge in [0, 0.05) is 17.2 Å². The lowest BCUT2D eigenvalue weighted by molar-refractivity contribution is -0.122. The quantitative estimate of drug-likeness (QED) is 0.556. The number of halogens is 1. The van der Waals surface area contributed by atoms with Gasteiger partial charge in [-0.05, 0) is 41.4 Å². The van der Waals surface area contributed by atoms with Crippen molar-refractivity contribution in [3.05, 3.63) is 0 Å². The highest BCUT2D eigenvalue weighted by Crippen LogP contribution is 2.86. The molecular weight excluding hydrogens is 196 g/mol. The Hall–Kier alpha value is -0.0400. The Morgan fingerprint density at radius 2 is 2.14 bits per heavy atom. The number of ketones is 1. The highest BCUT2D eigenvalue weighted by molar-refractivity contribution is 6.22. The molecular formula is C12H13ClO. The third-order valence-corrected chi connectivity index (χ3v) is 7.39. The Balaban J connectivity index is 1.92. The minimum atomic E-state index is 0.219. The van der Waals surface area contributed by atoms with Crippen LogP contribution in [0, 0.1) is 46.8 Å². The van der Waals surface area contributed by atoms with Crippen LogP contribution in [0.1, 0.15) is 13.3 Å². The summed E-state index contributed by atoms with van der Waals surface area (Å²) in [5.74, 6) is 5.20. The van der Waals surface area contributed by atoms with E-state index in [0.717, 1.165) is 23.7 Å². The fourth-order valence-electron chi connectivity index (χ4n) is 6.72. The number of carbonyl (C=O) groups is 1. The molecule has 0 radical (unpaired) electrons. The largest absolute Gasteiger partial charge is 0.299 e. The van der Waals surface area contributed by atoms with Crippen LogP contribution in [0.3, 0.4) is 0 Å². The normalized spacial score (nSPS) is 80.3. The first-order chi connectivity index (χ1) is 6.67. The van der Waals surface area contributed by atoms with Gasteiger partial charge in [-0.3, -0.25) is 4.79 Å². The fraction of sp³-hybridized carbons (Fsp3) is 0.917. The molecule has 6 rings (SSSR count). The van der Waals surface area contributed by atoms with Crippen molar-refractivity contribution >= 4 is 17.4 Å². The van der Waals surface area contributed by atoms with E-state index >= 15 is 0 Å². The smallest absolute Gasteiger partial charge is 0.140 e. The molecule has 14 heavy (non-hydrogen) atoms. The van der Waals surface area contributed by atoms with Gasteiger partial charge in [-0.25, -0.2) is 0 Å². The van der Waals surface area contributed by atoms with E-state index in [0.29, 0.717) is 28.9 Å². The molecule has 0 amide bonds. The average Bonchev–Trinajstić information content (AvgIpc) is 2.81. The lowest BCUT2D eigenvalue weighted by atomic mass is 9.64. The van der Waals surface area contributed by atoms with E-state index in [1.807, 2.05) is 0 Å². The summed E-state index contributed by atoms with van der Waals surface area (Å²) in [4.78, 5) is 12.2. The Bertz CT molecular complexity index is 390. The van der Waals surface area contributed by atoms with Crippen LogP contribution in [0.15, 0.2) is 0 Å². The minimum Gasteiger partial charge on any atom is -0.299 e. The van der Waals surface area contributed by atoms with E-state index in [9.17, 15) is 4.79 Å². The van der Waals surface area contributed by atoms with Crippen LogP contribution in [-0.4, -0.2) is 11.2 Å². The zero-order chi connectivity index (χ0) is 9.40. The van der Waals surface area contributed by atoms with Crippen molar-refractivity contribution in [1.29, 1.82) is 0 Å². The van der Waals surface area contributed by atoms with E-state index in [-0.39, 0.29) is 5.41 Å². The van der Waals surface area contributed by atoms with Gasteiger partial charge in [0.05, 0.1) is 0 Å². The standard InChI is InChI=1S/C12H13ClO/c1-12-8-4-2-3-5(6(4)11(12)13)9(12)10(14)7(3)8/h3-9,11H,2H2,1H3. The summed E-state index contributed by atoms with van der Waals surface area (Å²) in [5.41, 5.74) is 0.219. The van der Waals surface area contributed by atoms with E-state index in [2.05, 4.69) is 6.92 Å². The molecule has 0 aliphatic heterocycles. The summed E-state index contributed by atoms with van der Waals surface area (Å²) in [6.07, 6.45) is 1.34. The van der Waals surface area contributed by atoms with Crippen LogP contribution in [-0.2, 0) is 4.79 Å². The summed E-state index contributed by atoms with van der Waals surface area (Å²) < 4.78 is 0. The SMILES string of the molecule is CC12C(Cl)C3C4CC5C(C(=O)C1C53)C42. The van der Waals surface area contributed by atoms with E-state index < -0.39 is 0 Å². The molecule has 0 aromatic carbocycles. The zero-order valence-electron chi connectivity index (χ0n) is 8.11. The van der Waals surface area contributed by atoms with Gasteiger partial charge in [0.1, 0.15) is 5.78 Å². The molecule has 6 aliphatic rings. The van der Waals surface area contributed by atoms with Gasteiger partial charge >= 0.3 is 0 Å². The first-order valence-corrected chi connectivity index (χ1v) is 6.29. The molecule has 9 unspecified atom stereocenters. The molecule has 6 bridgehead atoms. The summed E-state index contributed by atoms with van der Waals surface area (Å²) in [5, 5.41) is 0.328. The number of alkyl halides is 1. The minimum absolute atomic E-state index is 0.219. The molecule has 0 N–H and O–H groups in total. The number of Topliss-reactive ketones (excluding diaryl/α,β-unsaturated/α-hetero) is 1. The first kappa shape index (κ1) is 7.27. The van der Waals surface area contributed by atoms with Crippen LogP contribution in [0.2, 0.25) is 0 Å². The highest BCUT2D eigenvalue weighted by atomic mass is 35.5. The average molecular weight is 209 g/mol. The molecule has 9 atom stereocenters. The molecule has 0 spiro atoms. The van der Waals surface area contributed by atoms with Gasteiger partial charge in [-0.2, -0.15) is 0 Å². The lowest BCUT2D eigenvalue weighted by Gasteiger charge is -2.38. The van der Waals surface area contributed by atoms with Crippen molar-refractivity contribution < 1.29 is 4.79 Å². The second-order valence-corrected chi connectivity index (χ2v) is 6.89. The maximum absolute atomic E-state index is 12.2. The Morgan fingerprint density at radius 3 is 2.86 bits per heavy atom. The maximum Gasteiger partial charge on any atom is 0.140 e. The number of hydrogen-bond donors (Lipinski definition) is 0. The molecule has 6 saturated carbocycles. The van der Waals surface area contributed by atoms with Crippen LogP contribution in [0.4, 0.5) is 0 Å². The Labute approximate surface area is 88.2 Å². The molecule has 6 fully saturated rings. The van der Waals surface area contributed by atoms with Gasteiger partial charge in [0.15, 0.2) is 0 Å². The third-order valence-electron chi connectivity index (χ3n) is 6.63. The molecule has 0 aromatic rings. The van der Waals surface area contributed by atoms with Crippen molar-refractivity contribution in [3.63, 3.8) is 0 Å². The zero-order valence-corrected chi connectivity index (χ0v) is 8.87. The lowest BCUT2D eigenvalue weighted by Crippen LogP contribution is -2.37. The molecule has 0 saturated heterocycles. The van der Waals surface area contributed by atoms with Crippen molar-refractivity contribution in [1.82, 2.24) is 0 Å². The van der Waals surface area contributed by atoms with Gasteiger partial charge in [0.2, 0.25) is 0 Å². The van der Waals surface area contributed by atoms with Crippen molar-refractivity contribution in [3.8, 4) is 0 Å². The van der Waals surface area contributed by atoms with Crippen LogP contribution >= 0.6 is 11.6 Å². The van der Waals surface area contributed by atoms with Gasteiger partial charge in [-0.1, -0.05) is 6.92 Å². The molecule has 74 valence electrons. The summed E-state index contributed by atoms with van der Waals surface area (Å²) in [6, 6.07) is 0. The van der Waals surface area contributed by atoms with Crippen LogP contribution < -0.4 is 0 Å². The second kappa shape index (κ2) is 1.61. The summed E-state index contributed by atoms with van der Waals surface area (Å²) in [6.45, 7) is 2.31. The Kier molecular flexibility index (Phi) is 0.835. The second-order valence-electron chi connectivity index (χ2n) is 6.42. The fourth-order valence-corrected chi connectivity index (χ4v) is 7.35. The number of carbonyl (C=O) groups excluding carboxylic acids is 1. The Morgan fingerprint density at radius 1 is 1.36 bits per heavy atom. The van der Waals surface area contributed by atoms with Crippen molar-refractivity contribution in [2.45, 2.75) is 18.7 Å². The highest BCUT2D eigenvalue weighted by Gasteiger charge is 2.87. The molecule has 6 aliphatic carbocycles. The molecule has 0 heterocycles. The van der Waals surface area contributed by atoms with E-state index in [4.69, 9.17) is 11.6 Å². The molecule has 0 aromatic heterocycles. The van der Waals surface area contributed by atoms with E-state index in [1.54, 1.807) is 0 Å². The predicted molar refractivity (Wildman–Crippen MR) is 51.8 cm³/mol. The first-order valence-electron chi connectivity index (χ1n) is 5.85. The monoisotopic (exact) mass is 208 g/mol. The third kappa shape index (κ3) is 0.374. The summed E-state index contributed by atoms with van der Waals surface area (Å²) >= 11 is 6.60. The van der Waals surface area contributed by atoms with E-state index in [1.165, 1.54) is 6.42 Å². The van der Waals surface area contributed by atoms with Crippen molar-refractivity contribution in [2.24, 2.45) is 46.8 Å². The summed E-state index contributed by atoms with van der Waals surface area (Å²) in [7, 11) is 0. The van der Waals surface area contributed by atoms with Gasteiger partial charge < -0.3 is 0 Å². The maximum atomic E-state index is 12.2. The van der Waals surface area contributed by atoms with Gasteiger partial charge in [-0.15, -0.1) is 11.6 Å². The number of hydrogen-bond acceptors (Lipinski definition) is 1. The topological polar surface area (TPSA) is 17.1 Å². The number of rotatable bonds is 0.